The molecular formula is C16H17NO3. The molecule has 0 spiro atoms. The van der Waals surface area contributed by atoms with Crippen LogP contribution >= 0.6 is 0 Å². The van der Waals surface area contributed by atoms with Crippen molar-refractivity contribution in [1.82, 2.24) is 0 Å². The molecule has 0 aromatic heterocycles. The second-order valence-electron chi connectivity index (χ2n) is 4.71. The van der Waals surface area contributed by atoms with Crippen LogP contribution in [0.1, 0.15) is 5.56 Å². The Labute approximate surface area is 118 Å². The lowest BCUT2D eigenvalue weighted by molar-refractivity contribution is 0.174. The SMILES string of the molecule is COc1ccccc1CN(C)c1ccc2c(c1)OCO2. The summed E-state index contributed by atoms with van der Waals surface area (Å²) in [5.41, 5.74) is 2.23. The quantitative estimate of drug-likeness (QED) is 0.855. The van der Waals surface area contributed by atoms with Gasteiger partial charge in [0.1, 0.15) is 5.75 Å². The predicted molar refractivity (Wildman–Crippen MR) is 77.7 cm³/mol. The van der Waals surface area contributed by atoms with Crippen molar-refractivity contribution < 1.29 is 14.2 Å². The molecule has 1 aliphatic heterocycles. The molecule has 1 heterocycles. The summed E-state index contributed by atoms with van der Waals surface area (Å²) in [7, 11) is 3.74. The molecule has 2 aromatic carbocycles. The van der Waals surface area contributed by atoms with Crippen LogP contribution in [0, 0.1) is 0 Å². The molecule has 0 N–H and O–H groups in total. The molecule has 3 rings (SSSR count). The van der Waals surface area contributed by atoms with E-state index < -0.39 is 0 Å². The minimum atomic E-state index is 0.301. The highest BCUT2D eigenvalue weighted by molar-refractivity contribution is 5.57. The average molecular weight is 271 g/mol. The van der Waals surface area contributed by atoms with Crippen molar-refractivity contribution in [2.24, 2.45) is 0 Å². The number of methoxy groups -OCH3 is 1. The summed E-state index contributed by atoms with van der Waals surface area (Å²) in [5, 5.41) is 0. The van der Waals surface area contributed by atoms with Crippen molar-refractivity contribution in [3.8, 4) is 17.2 Å². The number of rotatable bonds is 4. The van der Waals surface area contributed by atoms with Crippen LogP contribution in [0.25, 0.3) is 0 Å². The van der Waals surface area contributed by atoms with Crippen molar-refractivity contribution in [2.45, 2.75) is 6.54 Å². The Hall–Kier alpha value is -2.36. The van der Waals surface area contributed by atoms with E-state index in [1.165, 1.54) is 0 Å². The predicted octanol–water partition coefficient (Wildman–Crippen LogP) is 3.06. The number of para-hydroxylation sites is 1. The molecule has 0 unspecified atom stereocenters. The first-order valence-electron chi connectivity index (χ1n) is 6.50. The Balaban J connectivity index is 1.81. The van der Waals surface area contributed by atoms with Gasteiger partial charge in [0.05, 0.1) is 7.11 Å². The monoisotopic (exact) mass is 271 g/mol. The van der Waals surface area contributed by atoms with Gasteiger partial charge in [0.2, 0.25) is 6.79 Å². The minimum Gasteiger partial charge on any atom is -0.496 e. The Bertz CT molecular complexity index is 612. The van der Waals surface area contributed by atoms with Gasteiger partial charge in [-0.05, 0) is 18.2 Å². The summed E-state index contributed by atoms with van der Waals surface area (Å²) in [6.45, 7) is 1.07. The van der Waals surface area contributed by atoms with E-state index in [9.17, 15) is 0 Å². The van der Waals surface area contributed by atoms with Gasteiger partial charge in [0.15, 0.2) is 11.5 Å². The summed E-state index contributed by atoms with van der Waals surface area (Å²) in [5.74, 6) is 2.51. The molecule has 0 amide bonds. The number of hydrogen-bond acceptors (Lipinski definition) is 4. The fourth-order valence-electron chi connectivity index (χ4n) is 2.30. The molecule has 4 heteroatoms. The van der Waals surface area contributed by atoms with Gasteiger partial charge >= 0.3 is 0 Å². The van der Waals surface area contributed by atoms with Gasteiger partial charge in [0, 0.05) is 30.9 Å². The largest absolute Gasteiger partial charge is 0.496 e. The second-order valence-corrected chi connectivity index (χ2v) is 4.71. The maximum atomic E-state index is 5.41. The number of anilines is 1. The fraction of sp³-hybridized carbons (Fsp3) is 0.250. The third kappa shape index (κ3) is 2.37. The number of nitrogens with zero attached hydrogens (tertiary/aromatic N) is 1. The molecule has 0 aliphatic carbocycles. The van der Waals surface area contributed by atoms with Gasteiger partial charge in [0.25, 0.3) is 0 Å². The van der Waals surface area contributed by atoms with Crippen molar-refractivity contribution >= 4 is 5.69 Å². The maximum absolute atomic E-state index is 5.41. The van der Waals surface area contributed by atoms with E-state index in [-0.39, 0.29) is 0 Å². The van der Waals surface area contributed by atoms with E-state index in [1.807, 2.05) is 43.4 Å². The highest BCUT2D eigenvalue weighted by Gasteiger charge is 2.15. The van der Waals surface area contributed by atoms with E-state index >= 15 is 0 Å². The van der Waals surface area contributed by atoms with E-state index in [4.69, 9.17) is 14.2 Å². The van der Waals surface area contributed by atoms with Crippen molar-refractivity contribution in [3.63, 3.8) is 0 Å². The zero-order valence-electron chi connectivity index (χ0n) is 11.6. The van der Waals surface area contributed by atoms with E-state index in [0.717, 1.165) is 35.0 Å². The highest BCUT2D eigenvalue weighted by atomic mass is 16.7. The van der Waals surface area contributed by atoms with Gasteiger partial charge in [-0.15, -0.1) is 0 Å². The lowest BCUT2D eigenvalue weighted by atomic mass is 10.1. The van der Waals surface area contributed by atoms with Crippen LogP contribution in [0.4, 0.5) is 5.69 Å². The zero-order valence-corrected chi connectivity index (χ0v) is 11.6. The topological polar surface area (TPSA) is 30.9 Å². The molecule has 20 heavy (non-hydrogen) atoms. The lowest BCUT2D eigenvalue weighted by Crippen LogP contribution is -2.16. The van der Waals surface area contributed by atoms with Crippen LogP contribution in [0.15, 0.2) is 42.5 Å². The first kappa shape index (κ1) is 12.7. The highest BCUT2D eigenvalue weighted by Crippen LogP contribution is 2.35. The van der Waals surface area contributed by atoms with Crippen LogP contribution in [0.3, 0.4) is 0 Å². The molecule has 0 bridgehead atoms. The summed E-state index contributed by atoms with van der Waals surface area (Å²) in [4.78, 5) is 2.15. The van der Waals surface area contributed by atoms with E-state index in [1.54, 1.807) is 7.11 Å². The maximum Gasteiger partial charge on any atom is 0.231 e. The van der Waals surface area contributed by atoms with E-state index in [2.05, 4.69) is 11.0 Å². The average Bonchev–Trinajstić information content (AvgIpc) is 2.95. The molecule has 4 nitrogen and oxygen atoms in total. The number of ether oxygens (including phenoxy) is 3. The number of fused-ring (bicyclic) bond motifs is 1. The van der Waals surface area contributed by atoms with Gasteiger partial charge in [-0.3, -0.25) is 0 Å². The number of hydrogen-bond donors (Lipinski definition) is 0. The van der Waals surface area contributed by atoms with Crippen LogP contribution in [0.5, 0.6) is 17.2 Å². The molecule has 0 saturated heterocycles. The standard InChI is InChI=1S/C16H17NO3/c1-17(10-12-5-3-4-6-14(12)18-2)13-7-8-15-16(9-13)20-11-19-15/h3-9H,10-11H2,1-2H3. The van der Waals surface area contributed by atoms with Crippen molar-refractivity contribution in [2.75, 3.05) is 25.9 Å². The van der Waals surface area contributed by atoms with Crippen LogP contribution in [-0.2, 0) is 6.54 Å². The summed E-state index contributed by atoms with van der Waals surface area (Å²) < 4.78 is 16.1. The third-order valence-electron chi connectivity index (χ3n) is 3.40. The van der Waals surface area contributed by atoms with Crippen LogP contribution in [-0.4, -0.2) is 21.0 Å². The Kier molecular flexibility index (Phi) is 3.37. The lowest BCUT2D eigenvalue weighted by Gasteiger charge is -2.21. The van der Waals surface area contributed by atoms with Gasteiger partial charge in [-0.25, -0.2) is 0 Å². The first-order chi connectivity index (χ1) is 9.78. The molecule has 0 atom stereocenters. The number of benzene rings is 2. The zero-order chi connectivity index (χ0) is 13.9. The second kappa shape index (κ2) is 5.33. The summed E-state index contributed by atoms with van der Waals surface area (Å²) >= 11 is 0. The molecule has 0 radical (unpaired) electrons. The fourth-order valence-corrected chi connectivity index (χ4v) is 2.30. The van der Waals surface area contributed by atoms with Gasteiger partial charge < -0.3 is 19.1 Å². The van der Waals surface area contributed by atoms with Gasteiger partial charge in [-0.2, -0.15) is 0 Å². The molecule has 1 aliphatic rings. The van der Waals surface area contributed by atoms with Crippen molar-refractivity contribution in [3.05, 3.63) is 48.0 Å². The normalized spacial score (nSPS) is 12.3. The van der Waals surface area contributed by atoms with E-state index in [0.29, 0.717) is 6.79 Å². The summed E-state index contributed by atoms with van der Waals surface area (Å²) in [6, 6.07) is 14.0. The Morgan fingerprint density at radius 2 is 1.90 bits per heavy atom. The third-order valence-corrected chi connectivity index (χ3v) is 3.40. The minimum absolute atomic E-state index is 0.301. The molecule has 2 aromatic rings. The smallest absolute Gasteiger partial charge is 0.231 e. The Morgan fingerprint density at radius 3 is 2.75 bits per heavy atom. The van der Waals surface area contributed by atoms with Crippen LogP contribution in [0.2, 0.25) is 0 Å². The molecular weight excluding hydrogens is 254 g/mol. The molecule has 0 fully saturated rings. The van der Waals surface area contributed by atoms with Gasteiger partial charge in [-0.1, -0.05) is 18.2 Å². The van der Waals surface area contributed by atoms with Crippen molar-refractivity contribution in [1.29, 1.82) is 0 Å². The van der Waals surface area contributed by atoms with Crippen LogP contribution < -0.4 is 19.1 Å². The molecule has 104 valence electrons. The Morgan fingerprint density at radius 1 is 1.10 bits per heavy atom. The first-order valence-corrected chi connectivity index (χ1v) is 6.50. The molecule has 0 saturated carbocycles. The summed E-state index contributed by atoms with van der Waals surface area (Å²) in [6.07, 6.45) is 0.